The highest BCUT2D eigenvalue weighted by Gasteiger charge is 2.11. The molecule has 0 saturated carbocycles. The van der Waals surface area contributed by atoms with Crippen LogP contribution in [-0.4, -0.2) is 6.29 Å². The third-order valence-electron chi connectivity index (χ3n) is 2.54. The third kappa shape index (κ3) is 3.43. The maximum Gasteiger partial charge on any atom is 0.150 e. The zero-order valence-electron chi connectivity index (χ0n) is 10.00. The van der Waals surface area contributed by atoms with Crippen molar-refractivity contribution in [1.82, 2.24) is 0 Å². The van der Waals surface area contributed by atoms with Gasteiger partial charge in [0.1, 0.15) is 30.3 Å². The summed E-state index contributed by atoms with van der Waals surface area (Å²) in [6.45, 7) is -0.0518. The Labute approximate surface area is 131 Å². The molecule has 0 spiro atoms. The molecular weight excluding hydrogens is 398 g/mol. The number of aldehydes is 1. The molecule has 104 valence electrons. The van der Waals surface area contributed by atoms with Gasteiger partial charge in [-0.25, -0.2) is 8.78 Å². The van der Waals surface area contributed by atoms with Gasteiger partial charge in [0.15, 0.2) is 0 Å². The quantitative estimate of drug-likeness (QED) is 0.677. The van der Waals surface area contributed by atoms with Crippen molar-refractivity contribution >= 4 is 38.1 Å². The van der Waals surface area contributed by atoms with E-state index in [2.05, 4.69) is 31.9 Å². The summed E-state index contributed by atoms with van der Waals surface area (Å²) < 4.78 is 32.9. The van der Waals surface area contributed by atoms with E-state index in [4.69, 9.17) is 4.74 Å². The number of carbonyl (C=O) groups is 1. The van der Waals surface area contributed by atoms with Crippen LogP contribution in [0.25, 0.3) is 0 Å². The minimum absolute atomic E-state index is 0.0518. The highest BCUT2D eigenvalue weighted by Crippen LogP contribution is 2.35. The van der Waals surface area contributed by atoms with Gasteiger partial charge < -0.3 is 4.74 Å². The first-order chi connectivity index (χ1) is 9.51. The average Bonchev–Trinajstić information content (AvgIpc) is 2.39. The molecule has 0 N–H and O–H groups in total. The second-order valence-electron chi connectivity index (χ2n) is 3.96. The van der Waals surface area contributed by atoms with Crippen LogP contribution in [0.1, 0.15) is 15.9 Å². The summed E-state index contributed by atoms with van der Waals surface area (Å²) in [5.74, 6) is -0.856. The van der Waals surface area contributed by atoms with Gasteiger partial charge in [0.25, 0.3) is 0 Å². The van der Waals surface area contributed by atoms with Gasteiger partial charge in [0, 0.05) is 17.2 Å². The highest BCUT2D eigenvalue weighted by atomic mass is 79.9. The highest BCUT2D eigenvalue weighted by molar-refractivity contribution is 9.11. The monoisotopic (exact) mass is 404 g/mol. The van der Waals surface area contributed by atoms with Crippen LogP contribution in [0, 0.1) is 11.6 Å². The molecule has 0 amide bonds. The summed E-state index contributed by atoms with van der Waals surface area (Å²) in [5.41, 5.74) is 0.716. The number of hydrogen-bond donors (Lipinski definition) is 0. The second kappa shape index (κ2) is 6.45. The molecule has 0 aliphatic carbocycles. The molecule has 0 atom stereocenters. The van der Waals surface area contributed by atoms with Crippen molar-refractivity contribution in [1.29, 1.82) is 0 Å². The van der Waals surface area contributed by atoms with Crippen molar-refractivity contribution in [2.24, 2.45) is 0 Å². The van der Waals surface area contributed by atoms with E-state index in [0.29, 0.717) is 26.5 Å². The van der Waals surface area contributed by atoms with Crippen molar-refractivity contribution in [2.45, 2.75) is 6.61 Å². The SMILES string of the molecule is O=Cc1cc(Br)c(OCc2ccc(F)cc2F)c(Br)c1. The Bertz CT molecular complexity index is 637. The minimum Gasteiger partial charge on any atom is -0.486 e. The predicted octanol–water partition coefficient (Wildman–Crippen LogP) is 4.88. The largest absolute Gasteiger partial charge is 0.486 e. The maximum absolute atomic E-state index is 13.5. The molecule has 0 bridgehead atoms. The molecule has 2 nitrogen and oxygen atoms in total. The summed E-state index contributed by atoms with van der Waals surface area (Å²) >= 11 is 6.55. The van der Waals surface area contributed by atoms with Crippen LogP contribution < -0.4 is 4.74 Å². The Morgan fingerprint density at radius 2 is 1.75 bits per heavy atom. The first-order valence-corrected chi connectivity index (χ1v) is 7.11. The molecule has 0 aromatic heterocycles. The van der Waals surface area contributed by atoms with E-state index in [1.807, 2.05) is 0 Å². The number of hydrogen-bond acceptors (Lipinski definition) is 2. The molecule has 2 aromatic rings. The fourth-order valence-electron chi connectivity index (χ4n) is 1.57. The lowest BCUT2D eigenvalue weighted by Gasteiger charge is -2.11. The topological polar surface area (TPSA) is 26.3 Å². The molecule has 20 heavy (non-hydrogen) atoms. The smallest absolute Gasteiger partial charge is 0.150 e. The van der Waals surface area contributed by atoms with Crippen LogP contribution in [-0.2, 0) is 6.61 Å². The van der Waals surface area contributed by atoms with Crippen LogP contribution in [0.15, 0.2) is 39.3 Å². The van der Waals surface area contributed by atoms with E-state index >= 15 is 0 Å². The summed E-state index contributed by atoms with van der Waals surface area (Å²) in [6, 6.07) is 6.48. The van der Waals surface area contributed by atoms with Gasteiger partial charge >= 0.3 is 0 Å². The van der Waals surface area contributed by atoms with Crippen molar-refractivity contribution in [3.05, 3.63) is 62.0 Å². The van der Waals surface area contributed by atoms with Gasteiger partial charge in [-0.1, -0.05) is 0 Å². The molecule has 0 aliphatic heterocycles. The van der Waals surface area contributed by atoms with E-state index in [-0.39, 0.29) is 12.2 Å². The summed E-state index contributed by atoms with van der Waals surface area (Å²) in [7, 11) is 0. The first-order valence-electron chi connectivity index (χ1n) is 5.52. The van der Waals surface area contributed by atoms with Gasteiger partial charge in [-0.05, 0) is 56.1 Å². The molecule has 0 saturated heterocycles. The van der Waals surface area contributed by atoms with Gasteiger partial charge in [0.2, 0.25) is 0 Å². The van der Waals surface area contributed by atoms with Crippen molar-refractivity contribution < 1.29 is 18.3 Å². The Hall–Kier alpha value is -1.27. The number of rotatable bonds is 4. The molecule has 0 unspecified atom stereocenters. The van der Waals surface area contributed by atoms with Crippen molar-refractivity contribution in [3.8, 4) is 5.75 Å². The Morgan fingerprint density at radius 3 is 2.30 bits per heavy atom. The fourth-order valence-corrected chi connectivity index (χ4v) is 3.02. The summed E-state index contributed by atoms with van der Waals surface area (Å²) in [5, 5.41) is 0. The van der Waals surface area contributed by atoms with Crippen molar-refractivity contribution in [2.75, 3.05) is 0 Å². The minimum atomic E-state index is -0.665. The lowest BCUT2D eigenvalue weighted by molar-refractivity contribution is 0.112. The van der Waals surface area contributed by atoms with Crippen LogP contribution in [0.5, 0.6) is 5.75 Å². The average molecular weight is 406 g/mol. The standard InChI is InChI=1S/C14H8Br2F2O2/c15-11-3-8(6-19)4-12(16)14(11)20-7-9-1-2-10(17)5-13(9)18/h1-6H,7H2. The van der Waals surface area contributed by atoms with Crippen LogP contribution in [0.4, 0.5) is 8.78 Å². The lowest BCUT2D eigenvalue weighted by Crippen LogP contribution is -2.00. The number of benzene rings is 2. The first kappa shape index (κ1) is 15.1. The van der Waals surface area contributed by atoms with E-state index in [0.717, 1.165) is 6.07 Å². The molecular formula is C14H8Br2F2O2. The molecule has 0 radical (unpaired) electrons. The normalized spacial score (nSPS) is 10.4. The molecule has 0 heterocycles. The Morgan fingerprint density at radius 1 is 1.10 bits per heavy atom. The fraction of sp³-hybridized carbons (Fsp3) is 0.0714. The van der Waals surface area contributed by atoms with Crippen molar-refractivity contribution in [3.63, 3.8) is 0 Å². The maximum atomic E-state index is 13.5. The third-order valence-corrected chi connectivity index (χ3v) is 3.72. The number of halogens is 4. The summed E-state index contributed by atoms with van der Waals surface area (Å²) in [4.78, 5) is 10.7. The van der Waals surface area contributed by atoms with E-state index in [1.54, 1.807) is 12.1 Å². The molecule has 6 heteroatoms. The summed E-state index contributed by atoms with van der Waals surface area (Å²) in [6.07, 6.45) is 0.707. The molecule has 2 rings (SSSR count). The second-order valence-corrected chi connectivity index (χ2v) is 5.66. The number of carbonyl (C=O) groups excluding carboxylic acids is 1. The zero-order chi connectivity index (χ0) is 14.7. The number of ether oxygens (including phenoxy) is 1. The van der Waals surface area contributed by atoms with Crippen LogP contribution >= 0.6 is 31.9 Å². The van der Waals surface area contributed by atoms with E-state index in [1.165, 1.54) is 12.1 Å². The van der Waals surface area contributed by atoms with Gasteiger partial charge in [-0.3, -0.25) is 4.79 Å². The zero-order valence-corrected chi connectivity index (χ0v) is 13.2. The van der Waals surface area contributed by atoms with Crippen LogP contribution in [0.3, 0.4) is 0 Å². The van der Waals surface area contributed by atoms with E-state index < -0.39 is 11.6 Å². The van der Waals surface area contributed by atoms with Gasteiger partial charge in [-0.15, -0.1) is 0 Å². The Kier molecular flexibility index (Phi) is 4.88. The van der Waals surface area contributed by atoms with E-state index in [9.17, 15) is 13.6 Å². The predicted molar refractivity (Wildman–Crippen MR) is 77.9 cm³/mol. The Balaban J connectivity index is 2.21. The van der Waals surface area contributed by atoms with Crippen LogP contribution in [0.2, 0.25) is 0 Å². The molecule has 2 aromatic carbocycles. The molecule has 0 fully saturated rings. The van der Waals surface area contributed by atoms with Gasteiger partial charge in [0.05, 0.1) is 8.95 Å². The molecule has 0 aliphatic rings. The van der Waals surface area contributed by atoms with Gasteiger partial charge in [-0.2, -0.15) is 0 Å². The lowest BCUT2D eigenvalue weighted by atomic mass is 10.2.